The average Bonchev–Trinajstić information content (AvgIpc) is 2.72. The molecule has 0 saturated carbocycles. The maximum Gasteiger partial charge on any atom is 0.0735 e. The summed E-state index contributed by atoms with van der Waals surface area (Å²) in [7, 11) is 0. The number of anilines is 2. The van der Waals surface area contributed by atoms with E-state index in [9.17, 15) is 5.11 Å². The fourth-order valence-electron chi connectivity index (χ4n) is 2.42. The highest BCUT2D eigenvalue weighted by Gasteiger charge is 2.30. The molecule has 1 aromatic carbocycles. The van der Waals surface area contributed by atoms with Gasteiger partial charge in [0.1, 0.15) is 0 Å². The third kappa shape index (κ3) is 3.13. The average molecular weight is 251 g/mol. The van der Waals surface area contributed by atoms with E-state index in [1.54, 1.807) is 0 Å². The van der Waals surface area contributed by atoms with Crippen LogP contribution in [0.5, 0.6) is 0 Å². The molecular formula is C13H21N3O2. The van der Waals surface area contributed by atoms with Gasteiger partial charge in [-0.25, -0.2) is 0 Å². The third-order valence-corrected chi connectivity index (χ3v) is 3.29. The molecule has 1 saturated heterocycles. The van der Waals surface area contributed by atoms with Crippen molar-refractivity contribution in [3.8, 4) is 0 Å². The molecule has 0 aliphatic carbocycles. The second-order valence-corrected chi connectivity index (χ2v) is 4.71. The Morgan fingerprint density at radius 1 is 1.33 bits per heavy atom. The van der Waals surface area contributed by atoms with Crippen LogP contribution in [0.3, 0.4) is 0 Å². The van der Waals surface area contributed by atoms with E-state index in [2.05, 4.69) is 10.2 Å². The zero-order chi connectivity index (χ0) is 13.0. The monoisotopic (exact) mass is 251 g/mol. The summed E-state index contributed by atoms with van der Waals surface area (Å²) in [4.78, 5) is 2.19. The van der Waals surface area contributed by atoms with Crippen LogP contribution in [0.1, 0.15) is 6.42 Å². The number of aliphatic hydroxyl groups is 2. The van der Waals surface area contributed by atoms with Crippen LogP contribution in [0.2, 0.25) is 0 Å². The van der Waals surface area contributed by atoms with Gasteiger partial charge in [-0.05, 0) is 30.7 Å². The van der Waals surface area contributed by atoms with Crippen molar-refractivity contribution in [2.45, 2.75) is 18.6 Å². The summed E-state index contributed by atoms with van der Waals surface area (Å²) in [5, 5.41) is 21.7. The van der Waals surface area contributed by atoms with E-state index in [4.69, 9.17) is 10.8 Å². The number of nitrogens with one attached hydrogen (secondary N) is 1. The molecule has 5 N–H and O–H groups in total. The van der Waals surface area contributed by atoms with E-state index >= 15 is 0 Å². The van der Waals surface area contributed by atoms with Crippen molar-refractivity contribution in [2.75, 3.05) is 36.9 Å². The van der Waals surface area contributed by atoms with Gasteiger partial charge < -0.3 is 26.2 Å². The summed E-state index contributed by atoms with van der Waals surface area (Å²) in [6, 6.07) is 7.96. The molecule has 0 radical (unpaired) electrons. The number of aliphatic hydroxyl groups excluding tert-OH is 2. The molecule has 0 spiro atoms. The number of hydrogen-bond donors (Lipinski definition) is 4. The molecule has 18 heavy (non-hydrogen) atoms. The SMILES string of the molecule is Nc1ccc(N2CC(O)CC2CNCCO)cc1. The summed E-state index contributed by atoms with van der Waals surface area (Å²) >= 11 is 0. The smallest absolute Gasteiger partial charge is 0.0735 e. The lowest BCUT2D eigenvalue weighted by Crippen LogP contribution is -2.38. The summed E-state index contributed by atoms with van der Waals surface area (Å²) in [6.45, 7) is 2.14. The Balaban J connectivity index is 2.02. The van der Waals surface area contributed by atoms with Crippen LogP contribution < -0.4 is 16.0 Å². The first kappa shape index (κ1) is 13.1. The predicted molar refractivity (Wildman–Crippen MR) is 72.6 cm³/mol. The van der Waals surface area contributed by atoms with Crippen LogP contribution in [0.4, 0.5) is 11.4 Å². The van der Waals surface area contributed by atoms with Crippen LogP contribution in [0, 0.1) is 0 Å². The molecule has 0 amide bonds. The van der Waals surface area contributed by atoms with Crippen LogP contribution >= 0.6 is 0 Å². The Hall–Kier alpha value is -1.30. The van der Waals surface area contributed by atoms with Gasteiger partial charge in [-0.2, -0.15) is 0 Å². The van der Waals surface area contributed by atoms with E-state index in [0.717, 1.165) is 24.3 Å². The van der Waals surface area contributed by atoms with Crippen LogP contribution in [0.15, 0.2) is 24.3 Å². The van der Waals surface area contributed by atoms with Gasteiger partial charge in [0.15, 0.2) is 0 Å². The molecule has 2 atom stereocenters. The van der Waals surface area contributed by atoms with Gasteiger partial charge in [0.2, 0.25) is 0 Å². The van der Waals surface area contributed by atoms with Gasteiger partial charge in [-0.3, -0.25) is 0 Å². The number of β-amino-alcohol motifs (C(OH)–C–C–N with tert-alkyl or cyclic N) is 1. The minimum absolute atomic E-state index is 0.136. The van der Waals surface area contributed by atoms with Gasteiger partial charge in [-0.15, -0.1) is 0 Å². The fraction of sp³-hybridized carbons (Fsp3) is 0.538. The number of nitrogens with zero attached hydrogens (tertiary/aromatic N) is 1. The van der Waals surface area contributed by atoms with Crippen molar-refractivity contribution in [1.82, 2.24) is 5.32 Å². The fourth-order valence-corrected chi connectivity index (χ4v) is 2.42. The summed E-state index contributed by atoms with van der Waals surface area (Å²) in [5.74, 6) is 0. The summed E-state index contributed by atoms with van der Waals surface area (Å²) < 4.78 is 0. The molecule has 1 aromatic rings. The quantitative estimate of drug-likeness (QED) is 0.430. The number of benzene rings is 1. The lowest BCUT2D eigenvalue weighted by molar-refractivity contribution is 0.194. The van der Waals surface area contributed by atoms with Crippen molar-refractivity contribution < 1.29 is 10.2 Å². The first-order valence-electron chi connectivity index (χ1n) is 6.32. The molecule has 0 bridgehead atoms. The molecule has 2 unspecified atom stereocenters. The van der Waals surface area contributed by atoms with Crippen molar-refractivity contribution >= 4 is 11.4 Å². The van der Waals surface area contributed by atoms with Gasteiger partial charge in [-0.1, -0.05) is 0 Å². The zero-order valence-electron chi connectivity index (χ0n) is 10.4. The van der Waals surface area contributed by atoms with Crippen LogP contribution in [-0.2, 0) is 0 Å². The molecule has 0 aromatic heterocycles. The lowest BCUT2D eigenvalue weighted by atomic mass is 10.2. The minimum atomic E-state index is -0.288. The number of rotatable bonds is 5. The second kappa shape index (κ2) is 6.04. The summed E-state index contributed by atoms with van der Waals surface area (Å²) in [6.07, 6.45) is 0.464. The maximum absolute atomic E-state index is 9.80. The maximum atomic E-state index is 9.80. The molecule has 2 rings (SSSR count). The normalized spacial score (nSPS) is 23.6. The highest BCUT2D eigenvalue weighted by atomic mass is 16.3. The zero-order valence-corrected chi connectivity index (χ0v) is 10.4. The number of hydrogen-bond acceptors (Lipinski definition) is 5. The standard InChI is InChI=1S/C13H21N3O2/c14-10-1-3-11(4-2-10)16-9-13(18)7-12(16)8-15-5-6-17/h1-4,12-13,15,17-18H,5-9,14H2. The Morgan fingerprint density at radius 2 is 2.06 bits per heavy atom. The molecule has 1 heterocycles. The third-order valence-electron chi connectivity index (χ3n) is 3.29. The Labute approximate surface area is 107 Å². The van der Waals surface area contributed by atoms with Crippen LogP contribution in [-0.4, -0.2) is 48.6 Å². The van der Waals surface area contributed by atoms with E-state index in [0.29, 0.717) is 13.1 Å². The predicted octanol–water partition coefficient (Wildman–Crippen LogP) is -0.210. The number of nitrogen functional groups attached to an aromatic ring is 1. The second-order valence-electron chi connectivity index (χ2n) is 4.71. The van der Waals surface area contributed by atoms with E-state index < -0.39 is 0 Å². The first-order chi connectivity index (χ1) is 8.70. The topological polar surface area (TPSA) is 81.8 Å². The van der Waals surface area contributed by atoms with E-state index in [1.165, 1.54) is 0 Å². The van der Waals surface area contributed by atoms with Crippen LogP contribution in [0.25, 0.3) is 0 Å². The van der Waals surface area contributed by atoms with E-state index in [-0.39, 0.29) is 18.8 Å². The Morgan fingerprint density at radius 3 is 2.72 bits per heavy atom. The minimum Gasteiger partial charge on any atom is -0.399 e. The highest BCUT2D eigenvalue weighted by molar-refractivity contribution is 5.54. The van der Waals surface area contributed by atoms with Gasteiger partial charge in [0.05, 0.1) is 12.7 Å². The highest BCUT2D eigenvalue weighted by Crippen LogP contribution is 2.26. The molecule has 1 fully saturated rings. The molecule has 100 valence electrons. The summed E-state index contributed by atoms with van der Waals surface area (Å²) in [5.41, 5.74) is 7.50. The largest absolute Gasteiger partial charge is 0.399 e. The van der Waals surface area contributed by atoms with E-state index in [1.807, 2.05) is 24.3 Å². The van der Waals surface area contributed by atoms with Crippen molar-refractivity contribution in [2.24, 2.45) is 0 Å². The molecule has 1 aliphatic heterocycles. The molecule has 1 aliphatic rings. The number of nitrogens with two attached hydrogens (primary N) is 1. The lowest BCUT2D eigenvalue weighted by Gasteiger charge is -2.26. The first-order valence-corrected chi connectivity index (χ1v) is 6.32. The molecule has 5 nitrogen and oxygen atoms in total. The Kier molecular flexibility index (Phi) is 4.41. The van der Waals surface area contributed by atoms with Gasteiger partial charge >= 0.3 is 0 Å². The Bertz CT molecular complexity index is 369. The van der Waals surface area contributed by atoms with Gasteiger partial charge in [0.25, 0.3) is 0 Å². The molecule has 5 heteroatoms. The van der Waals surface area contributed by atoms with Crippen molar-refractivity contribution in [1.29, 1.82) is 0 Å². The van der Waals surface area contributed by atoms with Crippen molar-refractivity contribution in [3.63, 3.8) is 0 Å². The van der Waals surface area contributed by atoms with Gasteiger partial charge in [0, 0.05) is 37.1 Å². The molecular weight excluding hydrogens is 230 g/mol. The van der Waals surface area contributed by atoms with Crippen molar-refractivity contribution in [3.05, 3.63) is 24.3 Å².